The highest BCUT2D eigenvalue weighted by Crippen LogP contribution is 2.29. The third-order valence-electron chi connectivity index (χ3n) is 2.88. The number of thiazole rings is 1. The van der Waals surface area contributed by atoms with Gasteiger partial charge in [-0.2, -0.15) is 4.98 Å². The molecule has 116 valence electrons. The van der Waals surface area contributed by atoms with E-state index in [4.69, 9.17) is 8.94 Å². The molecule has 3 heterocycles. The fourth-order valence-corrected chi connectivity index (χ4v) is 3.86. The number of rotatable bonds is 4. The summed E-state index contributed by atoms with van der Waals surface area (Å²) in [5.74, 6) is 1.32. The van der Waals surface area contributed by atoms with Crippen LogP contribution in [0, 0.1) is 0 Å². The minimum Gasteiger partial charge on any atom is -0.461 e. The van der Waals surface area contributed by atoms with E-state index in [9.17, 15) is 4.21 Å². The molecule has 0 N–H and O–H groups in total. The molecule has 0 saturated heterocycles. The molecule has 0 saturated carbocycles. The van der Waals surface area contributed by atoms with Crippen LogP contribution in [0.25, 0.3) is 11.6 Å². The number of furan rings is 1. The predicted octanol–water partition coefficient (Wildman–Crippen LogP) is 3.39. The van der Waals surface area contributed by atoms with E-state index >= 15 is 0 Å². The Morgan fingerprint density at radius 1 is 1.36 bits per heavy atom. The van der Waals surface area contributed by atoms with Gasteiger partial charge in [0.05, 0.1) is 17.1 Å². The molecule has 22 heavy (non-hydrogen) atoms. The molecule has 0 radical (unpaired) electrons. The summed E-state index contributed by atoms with van der Waals surface area (Å²) in [5.41, 5.74) is -0.00292. The van der Waals surface area contributed by atoms with Gasteiger partial charge in [-0.05, 0) is 17.5 Å². The lowest BCUT2D eigenvalue weighted by Gasteiger charge is -2.14. The zero-order chi connectivity index (χ0) is 15.7. The van der Waals surface area contributed by atoms with Gasteiger partial charge in [-0.15, -0.1) is 11.3 Å². The molecule has 0 aliphatic carbocycles. The SMILES string of the molecule is CC(C)(C)c1cnc([S@](=O)Cc2nc(-c3ccco3)no2)s1. The zero-order valence-electron chi connectivity index (χ0n) is 12.4. The molecule has 0 spiro atoms. The summed E-state index contributed by atoms with van der Waals surface area (Å²) in [6, 6.07) is 3.48. The lowest BCUT2D eigenvalue weighted by Crippen LogP contribution is -2.07. The first-order valence-corrected chi connectivity index (χ1v) is 8.78. The van der Waals surface area contributed by atoms with Gasteiger partial charge in [0.15, 0.2) is 10.1 Å². The van der Waals surface area contributed by atoms with Gasteiger partial charge in [-0.3, -0.25) is 4.21 Å². The zero-order valence-corrected chi connectivity index (χ0v) is 14.0. The van der Waals surface area contributed by atoms with E-state index in [1.165, 1.54) is 17.6 Å². The van der Waals surface area contributed by atoms with Crippen molar-refractivity contribution in [3.05, 3.63) is 35.4 Å². The Morgan fingerprint density at radius 3 is 2.82 bits per heavy atom. The lowest BCUT2D eigenvalue weighted by molar-refractivity contribution is 0.389. The molecular weight excluding hydrogens is 322 g/mol. The topological polar surface area (TPSA) is 82.0 Å². The molecule has 0 aliphatic heterocycles. The van der Waals surface area contributed by atoms with Crippen LogP contribution in [0.3, 0.4) is 0 Å². The van der Waals surface area contributed by atoms with E-state index in [0.29, 0.717) is 21.8 Å². The van der Waals surface area contributed by atoms with E-state index in [1.807, 2.05) is 0 Å². The Hall–Kier alpha value is -1.80. The molecule has 0 aromatic carbocycles. The van der Waals surface area contributed by atoms with Crippen molar-refractivity contribution in [2.75, 3.05) is 0 Å². The summed E-state index contributed by atoms with van der Waals surface area (Å²) in [4.78, 5) is 9.53. The molecule has 6 nitrogen and oxygen atoms in total. The minimum atomic E-state index is -1.30. The van der Waals surface area contributed by atoms with Crippen molar-refractivity contribution in [1.29, 1.82) is 0 Å². The molecule has 0 aliphatic rings. The van der Waals surface area contributed by atoms with Crippen LogP contribution in [0.1, 0.15) is 31.5 Å². The number of aromatic nitrogens is 3. The second kappa shape index (κ2) is 5.77. The van der Waals surface area contributed by atoms with Crippen LogP contribution < -0.4 is 0 Å². The monoisotopic (exact) mass is 337 g/mol. The quantitative estimate of drug-likeness (QED) is 0.726. The maximum absolute atomic E-state index is 12.4. The molecule has 0 bridgehead atoms. The summed E-state index contributed by atoms with van der Waals surface area (Å²) in [7, 11) is -1.30. The first kappa shape index (κ1) is 15.1. The van der Waals surface area contributed by atoms with Crippen LogP contribution in [0.4, 0.5) is 0 Å². The van der Waals surface area contributed by atoms with Gasteiger partial charge < -0.3 is 8.94 Å². The Morgan fingerprint density at radius 2 is 2.18 bits per heavy atom. The number of hydrogen-bond donors (Lipinski definition) is 0. The third kappa shape index (κ3) is 3.17. The summed E-state index contributed by atoms with van der Waals surface area (Å²) in [6.45, 7) is 6.29. The van der Waals surface area contributed by atoms with Crippen LogP contribution >= 0.6 is 11.3 Å². The number of nitrogens with zero attached hydrogens (tertiary/aromatic N) is 3. The second-order valence-corrected chi connectivity index (χ2v) is 8.37. The van der Waals surface area contributed by atoms with Crippen LogP contribution in [0.5, 0.6) is 0 Å². The Labute approximate surface area is 134 Å². The average molecular weight is 337 g/mol. The molecule has 0 amide bonds. The summed E-state index contributed by atoms with van der Waals surface area (Å²) in [5, 5.41) is 3.82. The molecule has 3 rings (SSSR count). The van der Waals surface area contributed by atoms with Crippen molar-refractivity contribution < 1.29 is 13.1 Å². The smallest absolute Gasteiger partial charge is 0.240 e. The van der Waals surface area contributed by atoms with Crippen LogP contribution in [-0.2, 0) is 22.0 Å². The summed E-state index contributed by atoms with van der Waals surface area (Å²) >= 11 is 1.45. The average Bonchev–Trinajstić information content (AvgIpc) is 3.19. The predicted molar refractivity (Wildman–Crippen MR) is 82.9 cm³/mol. The van der Waals surface area contributed by atoms with Crippen molar-refractivity contribution in [3.63, 3.8) is 0 Å². The Balaban J connectivity index is 1.73. The minimum absolute atomic E-state index is 0.00292. The van der Waals surface area contributed by atoms with E-state index in [-0.39, 0.29) is 11.2 Å². The second-order valence-electron chi connectivity index (χ2n) is 5.72. The highest BCUT2D eigenvalue weighted by Gasteiger charge is 2.21. The molecule has 1 atom stereocenters. The van der Waals surface area contributed by atoms with E-state index in [2.05, 4.69) is 35.9 Å². The van der Waals surface area contributed by atoms with Gasteiger partial charge in [0.25, 0.3) is 0 Å². The lowest BCUT2D eigenvalue weighted by atomic mass is 9.96. The fraction of sp³-hybridized carbons (Fsp3) is 0.357. The van der Waals surface area contributed by atoms with Crippen molar-refractivity contribution in [2.45, 2.75) is 36.3 Å². The first-order valence-electron chi connectivity index (χ1n) is 6.64. The van der Waals surface area contributed by atoms with E-state index in [1.54, 1.807) is 18.3 Å². The highest BCUT2D eigenvalue weighted by molar-refractivity contribution is 7.86. The fourth-order valence-electron chi connectivity index (χ4n) is 1.70. The molecule has 3 aromatic rings. The van der Waals surface area contributed by atoms with Gasteiger partial charge in [0, 0.05) is 11.1 Å². The van der Waals surface area contributed by atoms with Gasteiger partial charge in [0.1, 0.15) is 5.75 Å². The maximum atomic E-state index is 12.4. The van der Waals surface area contributed by atoms with Gasteiger partial charge >= 0.3 is 0 Å². The standard InChI is InChI=1S/C14H15N3O3S2/c1-14(2,3)10-7-15-13(21-10)22(18)8-11-16-12(17-20-11)9-5-4-6-19-9/h4-7H,8H2,1-3H3/t22-/m1/s1. The van der Waals surface area contributed by atoms with Crippen LogP contribution in [-0.4, -0.2) is 19.3 Å². The van der Waals surface area contributed by atoms with Crippen LogP contribution in [0.15, 0.2) is 37.9 Å². The molecule has 0 unspecified atom stereocenters. The van der Waals surface area contributed by atoms with Crippen molar-refractivity contribution in [3.8, 4) is 11.6 Å². The van der Waals surface area contributed by atoms with Gasteiger partial charge in [-0.25, -0.2) is 4.98 Å². The third-order valence-corrected chi connectivity index (χ3v) is 5.91. The summed E-state index contributed by atoms with van der Waals surface area (Å²) < 4.78 is 23.2. The van der Waals surface area contributed by atoms with Gasteiger partial charge in [0.2, 0.25) is 11.7 Å². The number of hydrogen-bond acceptors (Lipinski definition) is 7. The van der Waals surface area contributed by atoms with Crippen molar-refractivity contribution in [1.82, 2.24) is 15.1 Å². The Kier molecular flexibility index (Phi) is 3.96. The first-order chi connectivity index (χ1) is 10.4. The molecule has 0 fully saturated rings. The van der Waals surface area contributed by atoms with Crippen LogP contribution in [0.2, 0.25) is 0 Å². The molecule has 3 aromatic heterocycles. The maximum Gasteiger partial charge on any atom is 0.240 e. The van der Waals surface area contributed by atoms with Gasteiger partial charge in [-0.1, -0.05) is 25.9 Å². The Bertz CT molecular complexity index is 784. The summed E-state index contributed by atoms with van der Waals surface area (Å²) in [6.07, 6.45) is 3.31. The molecule has 8 heteroatoms. The molecular formula is C14H15N3O3S2. The van der Waals surface area contributed by atoms with E-state index in [0.717, 1.165) is 4.88 Å². The van der Waals surface area contributed by atoms with Crippen molar-refractivity contribution >= 4 is 22.1 Å². The van der Waals surface area contributed by atoms with E-state index < -0.39 is 10.8 Å². The van der Waals surface area contributed by atoms with Crippen molar-refractivity contribution in [2.24, 2.45) is 0 Å². The largest absolute Gasteiger partial charge is 0.461 e. The normalized spacial score (nSPS) is 13.4. The highest BCUT2D eigenvalue weighted by atomic mass is 32.2.